The number of nitrogens with one attached hydrogen (secondary N) is 1. The molecule has 2 rings (SSSR count). The van der Waals surface area contributed by atoms with E-state index in [9.17, 15) is 9.18 Å². The fraction of sp³-hybridized carbons (Fsp3) is 0.0714. The van der Waals surface area contributed by atoms with Crippen molar-refractivity contribution in [3.05, 3.63) is 59.8 Å². The number of halogens is 1. The van der Waals surface area contributed by atoms with Crippen molar-refractivity contribution >= 4 is 17.7 Å². The molecule has 92 valence electrons. The van der Waals surface area contributed by atoms with E-state index >= 15 is 0 Å². The van der Waals surface area contributed by atoms with Gasteiger partial charge in [0.2, 0.25) is 5.91 Å². The van der Waals surface area contributed by atoms with Crippen LogP contribution in [0.1, 0.15) is 11.5 Å². The van der Waals surface area contributed by atoms with Crippen LogP contribution in [0.3, 0.4) is 0 Å². The van der Waals surface area contributed by atoms with Gasteiger partial charge < -0.3 is 9.73 Å². The molecule has 0 radical (unpaired) electrons. The number of carbonyl (C=O) groups excluding carboxylic acids is 1. The quantitative estimate of drug-likeness (QED) is 0.842. The Balaban J connectivity index is 2.01. The van der Waals surface area contributed by atoms with E-state index in [1.54, 1.807) is 24.3 Å². The maximum Gasteiger partial charge on any atom is 0.248 e. The molecular weight excluding hydrogens is 233 g/mol. The van der Waals surface area contributed by atoms with E-state index in [0.29, 0.717) is 5.76 Å². The highest BCUT2D eigenvalue weighted by Gasteiger charge is 2.03. The Kier molecular flexibility index (Phi) is 3.57. The lowest BCUT2D eigenvalue weighted by molar-refractivity contribution is -0.111. The molecule has 0 saturated carbocycles. The summed E-state index contributed by atoms with van der Waals surface area (Å²) in [4.78, 5) is 11.5. The lowest BCUT2D eigenvalue weighted by Gasteiger charge is -2.02. The molecule has 1 N–H and O–H groups in total. The van der Waals surface area contributed by atoms with Gasteiger partial charge in [-0.25, -0.2) is 4.39 Å². The summed E-state index contributed by atoms with van der Waals surface area (Å²) in [5.74, 6) is 0.475. The first-order valence-corrected chi connectivity index (χ1v) is 5.45. The van der Waals surface area contributed by atoms with E-state index in [0.717, 1.165) is 5.76 Å². The Morgan fingerprint density at radius 1 is 1.28 bits per heavy atom. The fourth-order valence-electron chi connectivity index (χ4n) is 1.44. The lowest BCUT2D eigenvalue weighted by atomic mass is 10.3. The van der Waals surface area contributed by atoms with E-state index in [1.807, 2.05) is 6.92 Å². The van der Waals surface area contributed by atoms with Crippen molar-refractivity contribution in [2.45, 2.75) is 6.92 Å². The number of amides is 1. The third kappa shape index (κ3) is 3.07. The first-order chi connectivity index (χ1) is 8.65. The van der Waals surface area contributed by atoms with Gasteiger partial charge in [0.15, 0.2) is 0 Å². The summed E-state index contributed by atoms with van der Waals surface area (Å²) in [6.45, 7) is 1.82. The second-order valence-electron chi connectivity index (χ2n) is 3.75. The zero-order valence-electron chi connectivity index (χ0n) is 9.81. The summed E-state index contributed by atoms with van der Waals surface area (Å²) in [5, 5.41) is 2.44. The predicted molar refractivity (Wildman–Crippen MR) is 67.5 cm³/mol. The molecule has 1 aromatic carbocycles. The molecule has 0 aliphatic heterocycles. The van der Waals surface area contributed by atoms with Crippen LogP contribution < -0.4 is 5.32 Å². The molecule has 0 saturated heterocycles. The van der Waals surface area contributed by atoms with E-state index in [-0.39, 0.29) is 5.69 Å². The normalized spacial score (nSPS) is 10.8. The van der Waals surface area contributed by atoms with Crippen molar-refractivity contribution in [3.63, 3.8) is 0 Å². The first kappa shape index (κ1) is 12.1. The minimum Gasteiger partial charge on any atom is -0.462 e. The van der Waals surface area contributed by atoms with Gasteiger partial charge in [0, 0.05) is 6.08 Å². The molecule has 0 aliphatic rings. The minimum absolute atomic E-state index is 0.155. The predicted octanol–water partition coefficient (Wildman–Crippen LogP) is 3.38. The van der Waals surface area contributed by atoms with Crippen molar-refractivity contribution in [3.8, 4) is 0 Å². The van der Waals surface area contributed by atoms with Gasteiger partial charge >= 0.3 is 0 Å². The molecule has 0 aliphatic carbocycles. The summed E-state index contributed by atoms with van der Waals surface area (Å²) in [6, 6.07) is 9.55. The summed E-state index contributed by atoms with van der Waals surface area (Å²) < 4.78 is 18.5. The average Bonchev–Trinajstić information content (AvgIpc) is 2.76. The van der Waals surface area contributed by atoms with Crippen molar-refractivity contribution in [2.75, 3.05) is 5.32 Å². The number of benzene rings is 1. The second kappa shape index (κ2) is 5.31. The van der Waals surface area contributed by atoms with Crippen LogP contribution in [-0.4, -0.2) is 5.91 Å². The Morgan fingerprint density at radius 3 is 2.72 bits per heavy atom. The standard InChI is InChI=1S/C14H12FNO2/c1-10-6-7-11(18-10)8-9-14(17)16-13-5-3-2-4-12(13)15/h2-9H,1H3,(H,16,17). The minimum atomic E-state index is -0.465. The van der Waals surface area contributed by atoms with Crippen LogP contribution in [0.2, 0.25) is 0 Å². The number of anilines is 1. The lowest BCUT2D eigenvalue weighted by Crippen LogP contribution is -2.08. The third-order valence-electron chi connectivity index (χ3n) is 2.29. The molecule has 1 aromatic heterocycles. The van der Waals surface area contributed by atoms with Gasteiger partial charge in [0.25, 0.3) is 0 Å². The van der Waals surface area contributed by atoms with E-state index in [2.05, 4.69) is 5.32 Å². The van der Waals surface area contributed by atoms with Gasteiger partial charge in [-0.2, -0.15) is 0 Å². The number of rotatable bonds is 3. The molecule has 0 bridgehead atoms. The zero-order chi connectivity index (χ0) is 13.0. The van der Waals surface area contributed by atoms with Crippen LogP contribution >= 0.6 is 0 Å². The van der Waals surface area contributed by atoms with Crippen LogP contribution in [0, 0.1) is 12.7 Å². The number of para-hydroxylation sites is 1. The van der Waals surface area contributed by atoms with Crippen LogP contribution in [0.4, 0.5) is 10.1 Å². The van der Waals surface area contributed by atoms with E-state index < -0.39 is 11.7 Å². The molecule has 0 fully saturated rings. The molecule has 2 aromatic rings. The Hall–Kier alpha value is -2.36. The summed E-state index contributed by atoms with van der Waals surface area (Å²) in [6.07, 6.45) is 2.83. The van der Waals surface area contributed by atoms with Crippen LogP contribution in [-0.2, 0) is 4.79 Å². The van der Waals surface area contributed by atoms with Crippen LogP contribution in [0.25, 0.3) is 6.08 Å². The summed E-state index contributed by atoms with van der Waals surface area (Å²) in [7, 11) is 0. The number of aryl methyl sites for hydroxylation is 1. The first-order valence-electron chi connectivity index (χ1n) is 5.45. The molecule has 0 atom stereocenters. The highest BCUT2D eigenvalue weighted by atomic mass is 19.1. The van der Waals surface area contributed by atoms with Gasteiger partial charge in [0.05, 0.1) is 5.69 Å². The fourth-order valence-corrected chi connectivity index (χ4v) is 1.44. The van der Waals surface area contributed by atoms with E-state index in [4.69, 9.17) is 4.42 Å². The molecule has 4 heteroatoms. The summed E-state index contributed by atoms with van der Waals surface area (Å²) in [5.41, 5.74) is 0.155. The van der Waals surface area contributed by atoms with Crippen molar-refractivity contribution < 1.29 is 13.6 Å². The summed E-state index contributed by atoms with van der Waals surface area (Å²) >= 11 is 0. The van der Waals surface area contributed by atoms with E-state index in [1.165, 1.54) is 24.3 Å². The highest BCUT2D eigenvalue weighted by Crippen LogP contribution is 2.13. The molecule has 3 nitrogen and oxygen atoms in total. The molecule has 1 amide bonds. The number of hydrogen-bond donors (Lipinski definition) is 1. The van der Waals surface area contributed by atoms with Gasteiger partial charge in [-0.05, 0) is 37.3 Å². The Morgan fingerprint density at radius 2 is 2.06 bits per heavy atom. The Bertz CT molecular complexity index is 587. The monoisotopic (exact) mass is 245 g/mol. The van der Waals surface area contributed by atoms with Crippen molar-refractivity contribution in [1.82, 2.24) is 0 Å². The van der Waals surface area contributed by atoms with Crippen molar-refractivity contribution in [1.29, 1.82) is 0 Å². The van der Waals surface area contributed by atoms with Crippen molar-refractivity contribution in [2.24, 2.45) is 0 Å². The second-order valence-corrected chi connectivity index (χ2v) is 3.75. The Labute approximate surface area is 104 Å². The molecule has 18 heavy (non-hydrogen) atoms. The average molecular weight is 245 g/mol. The van der Waals surface area contributed by atoms with Gasteiger partial charge in [-0.1, -0.05) is 12.1 Å². The SMILES string of the molecule is Cc1ccc(C=CC(=O)Nc2ccccc2F)o1. The molecule has 0 unspecified atom stereocenters. The number of carbonyl (C=O) groups is 1. The number of hydrogen-bond acceptors (Lipinski definition) is 2. The van der Waals surface area contributed by atoms with Gasteiger partial charge in [-0.3, -0.25) is 4.79 Å². The maximum absolute atomic E-state index is 13.3. The number of furan rings is 1. The molecule has 0 spiro atoms. The van der Waals surface area contributed by atoms with Gasteiger partial charge in [0.1, 0.15) is 17.3 Å². The van der Waals surface area contributed by atoms with Crippen LogP contribution in [0.5, 0.6) is 0 Å². The topological polar surface area (TPSA) is 42.2 Å². The molecule has 1 heterocycles. The smallest absolute Gasteiger partial charge is 0.248 e. The highest BCUT2D eigenvalue weighted by molar-refractivity contribution is 6.01. The third-order valence-corrected chi connectivity index (χ3v) is 2.29. The zero-order valence-corrected chi connectivity index (χ0v) is 9.81. The van der Waals surface area contributed by atoms with Crippen LogP contribution in [0.15, 0.2) is 46.9 Å². The molecular formula is C14H12FNO2. The largest absolute Gasteiger partial charge is 0.462 e. The van der Waals surface area contributed by atoms with Gasteiger partial charge in [-0.15, -0.1) is 0 Å². The maximum atomic E-state index is 13.3.